The van der Waals surface area contributed by atoms with Crippen molar-refractivity contribution < 1.29 is 14.7 Å². The SMILES string of the molecule is Cc1ccc(CNC(=O)N2CCCC2(C)C(=O)O)s1. The molecule has 5 nitrogen and oxygen atoms in total. The van der Waals surface area contributed by atoms with Gasteiger partial charge in [0.25, 0.3) is 0 Å². The van der Waals surface area contributed by atoms with Gasteiger partial charge in [0.05, 0.1) is 6.54 Å². The molecule has 1 unspecified atom stereocenters. The lowest BCUT2D eigenvalue weighted by molar-refractivity contribution is -0.147. The summed E-state index contributed by atoms with van der Waals surface area (Å²) in [6.45, 7) is 4.57. The highest BCUT2D eigenvalue weighted by Crippen LogP contribution is 2.29. The van der Waals surface area contributed by atoms with Crippen LogP contribution in [0.5, 0.6) is 0 Å². The van der Waals surface area contributed by atoms with E-state index in [1.54, 1.807) is 18.3 Å². The standard InChI is InChI=1S/C13H18N2O3S/c1-9-4-5-10(19-9)8-14-12(18)15-7-3-6-13(15,2)11(16)17/h4-5H,3,6-8H2,1-2H3,(H,14,18)(H,16,17). The summed E-state index contributed by atoms with van der Waals surface area (Å²) in [6.07, 6.45) is 1.24. The first kappa shape index (κ1) is 13.9. The summed E-state index contributed by atoms with van der Waals surface area (Å²) in [5.74, 6) is -0.938. The van der Waals surface area contributed by atoms with Crippen LogP contribution in [-0.2, 0) is 11.3 Å². The fraction of sp³-hybridized carbons (Fsp3) is 0.538. The van der Waals surface area contributed by atoms with Crippen LogP contribution in [0.2, 0.25) is 0 Å². The van der Waals surface area contributed by atoms with Crippen LogP contribution in [0.3, 0.4) is 0 Å². The number of rotatable bonds is 3. The van der Waals surface area contributed by atoms with Crippen molar-refractivity contribution >= 4 is 23.3 Å². The van der Waals surface area contributed by atoms with Crippen LogP contribution in [0, 0.1) is 6.92 Å². The highest BCUT2D eigenvalue weighted by atomic mass is 32.1. The molecule has 0 spiro atoms. The summed E-state index contributed by atoms with van der Waals surface area (Å²) in [4.78, 5) is 27.1. The van der Waals surface area contributed by atoms with E-state index >= 15 is 0 Å². The average molecular weight is 282 g/mol. The molecule has 1 fully saturated rings. The lowest BCUT2D eigenvalue weighted by atomic mass is 10.00. The van der Waals surface area contributed by atoms with Crippen LogP contribution < -0.4 is 5.32 Å². The van der Waals surface area contributed by atoms with Gasteiger partial charge < -0.3 is 15.3 Å². The second kappa shape index (κ2) is 5.21. The maximum atomic E-state index is 12.1. The number of hydrogen-bond acceptors (Lipinski definition) is 3. The molecule has 1 aliphatic heterocycles. The molecule has 19 heavy (non-hydrogen) atoms. The van der Waals surface area contributed by atoms with Gasteiger partial charge in [-0.1, -0.05) is 0 Å². The number of carbonyl (C=O) groups is 2. The van der Waals surface area contributed by atoms with E-state index in [2.05, 4.69) is 5.32 Å². The fourth-order valence-electron chi connectivity index (χ4n) is 2.35. The quantitative estimate of drug-likeness (QED) is 0.893. The molecular formula is C13H18N2O3S. The van der Waals surface area contributed by atoms with Crippen LogP contribution in [0.4, 0.5) is 4.79 Å². The van der Waals surface area contributed by atoms with Gasteiger partial charge in [0.1, 0.15) is 5.54 Å². The van der Waals surface area contributed by atoms with E-state index in [1.165, 1.54) is 9.78 Å². The van der Waals surface area contributed by atoms with Crippen molar-refractivity contribution in [2.75, 3.05) is 6.54 Å². The molecule has 0 saturated carbocycles. The molecule has 1 aromatic heterocycles. The third-order valence-electron chi connectivity index (χ3n) is 3.56. The number of hydrogen-bond donors (Lipinski definition) is 2. The van der Waals surface area contributed by atoms with Crippen molar-refractivity contribution in [1.29, 1.82) is 0 Å². The van der Waals surface area contributed by atoms with E-state index in [9.17, 15) is 14.7 Å². The van der Waals surface area contributed by atoms with E-state index in [1.807, 2.05) is 19.1 Å². The average Bonchev–Trinajstić information content (AvgIpc) is 2.93. The number of nitrogens with one attached hydrogen (secondary N) is 1. The number of urea groups is 1. The molecule has 1 saturated heterocycles. The highest BCUT2D eigenvalue weighted by molar-refractivity contribution is 7.11. The molecule has 1 aliphatic rings. The number of likely N-dealkylation sites (tertiary alicyclic amines) is 1. The maximum Gasteiger partial charge on any atom is 0.329 e. The Balaban J connectivity index is 1.98. The molecule has 0 aliphatic carbocycles. The van der Waals surface area contributed by atoms with Crippen molar-refractivity contribution in [1.82, 2.24) is 10.2 Å². The van der Waals surface area contributed by atoms with E-state index in [0.29, 0.717) is 19.5 Å². The number of carbonyl (C=O) groups excluding carboxylic acids is 1. The van der Waals surface area contributed by atoms with Crippen molar-refractivity contribution in [3.8, 4) is 0 Å². The lowest BCUT2D eigenvalue weighted by Gasteiger charge is -2.31. The van der Waals surface area contributed by atoms with Gasteiger partial charge in [-0.15, -0.1) is 11.3 Å². The van der Waals surface area contributed by atoms with E-state index in [4.69, 9.17) is 0 Å². The number of thiophene rings is 1. The van der Waals surface area contributed by atoms with Crippen LogP contribution in [-0.4, -0.2) is 34.1 Å². The molecule has 104 valence electrons. The smallest absolute Gasteiger partial charge is 0.329 e. The molecule has 0 radical (unpaired) electrons. The summed E-state index contributed by atoms with van der Waals surface area (Å²) < 4.78 is 0. The summed E-state index contributed by atoms with van der Waals surface area (Å²) in [5.41, 5.74) is -1.07. The Morgan fingerprint density at radius 1 is 1.53 bits per heavy atom. The fourth-order valence-corrected chi connectivity index (χ4v) is 3.18. The molecule has 1 atom stereocenters. The Kier molecular flexibility index (Phi) is 3.80. The van der Waals surface area contributed by atoms with Gasteiger partial charge in [-0.25, -0.2) is 9.59 Å². The minimum absolute atomic E-state index is 0.298. The first-order chi connectivity index (χ1) is 8.93. The Morgan fingerprint density at radius 3 is 2.84 bits per heavy atom. The van der Waals surface area contributed by atoms with Crippen molar-refractivity contribution in [2.45, 2.75) is 38.8 Å². The summed E-state index contributed by atoms with van der Waals surface area (Å²) in [7, 11) is 0. The number of nitrogens with zero attached hydrogens (tertiary/aromatic N) is 1. The minimum Gasteiger partial charge on any atom is -0.480 e. The second-order valence-electron chi connectivity index (χ2n) is 5.01. The molecule has 6 heteroatoms. The first-order valence-corrected chi connectivity index (χ1v) is 7.09. The molecule has 0 bridgehead atoms. The van der Waals surface area contributed by atoms with E-state index in [-0.39, 0.29) is 6.03 Å². The van der Waals surface area contributed by atoms with Crippen LogP contribution in [0.1, 0.15) is 29.5 Å². The molecule has 2 rings (SSSR count). The predicted octanol–water partition coefficient (Wildman–Crippen LogP) is 2.21. The third kappa shape index (κ3) is 2.73. The van der Waals surface area contributed by atoms with Gasteiger partial charge in [-0.3, -0.25) is 0 Å². The third-order valence-corrected chi connectivity index (χ3v) is 4.56. The Morgan fingerprint density at radius 2 is 2.26 bits per heavy atom. The van der Waals surface area contributed by atoms with Crippen molar-refractivity contribution in [2.24, 2.45) is 0 Å². The first-order valence-electron chi connectivity index (χ1n) is 6.27. The maximum absolute atomic E-state index is 12.1. The van der Waals surface area contributed by atoms with Crippen LogP contribution in [0.15, 0.2) is 12.1 Å². The highest BCUT2D eigenvalue weighted by Gasteiger charge is 2.45. The van der Waals surface area contributed by atoms with E-state index < -0.39 is 11.5 Å². The molecule has 0 aromatic carbocycles. The summed E-state index contributed by atoms with van der Waals surface area (Å²) in [5, 5.41) is 12.1. The predicted molar refractivity (Wildman–Crippen MR) is 73.3 cm³/mol. The Hall–Kier alpha value is -1.56. The molecule has 2 amide bonds. The minimum atomic E-state index is -1.07. The molecule has 2 N–H and O–H groups in total. The van der Waals surface area contributed by atoms with Gasteiger partial charge in [-0.05, 0) is 38.8 Å². The number of carboxylic acids is 1. The van der Waals surface area contributed by atoms with Crippen LogP contribution >= 0.6 is 11.3 Å². The van der Waals surface area contributed by atoms with Crippen molar-refractivity contribution in [3.63, 3.8) is 0 Å². The van der Waals surface area contributed by atoms with Crippen molar-refractivity contribution in [3.05, 3.63) is 21.9 Å². The van der Waals surface area contributed by atoms with Gasteiger partial charge in [0.15, 0.2) is 0 Å². The Bertz CT molecular complexity index is 500. The van der Waals surface area contributed by atoms with Gasteiger partial charge in [-0.2, -0.15) is 0 Å². The molecule has 1 aromatic rings. The van der Waals surface area contributed by atoms with Gasteiger partial charge in [0, 0.05) is 16.3 Å². The number of aryl methyl sites for hydroxylation is 1. The number of aliphatic carboxylic acids is 1. The number of carboxylic acid groups (broad SMARTS) is 1. The molecule has 2 heterocycles. The largest absolute Gasteiger partial charge is 0.480 e. The van der Waals surface area contributed by atoms with Gasteiger partial charge >= 0.3 is 12.0 Å². The summed E-state index contributed by atoms with van der Waals surface area (Å²) in [6, 6.07) is 3.68. The normalized spacial score (nSPS) is 22.5. The zero-order valence-corrected chi connectivity index (χ0v) is 11.9. The van der Waals surface area contributed by atoms with E-state index in [0.717, 1.165) is 11.3 Å². The zero-order valence-electron chi connectivity index (χ0n) is 11.1. The Labute approximate surface area is 116 Å². The van der Waals surface area contributed by atoms with Crippen LogP contribution in [0.25, 0.3) is 0 Å². The molecular weight excluding hydrogens is 264 g/mol. The zero-order chi connectivity index (χ0) is 14.0. The van der Waals surface area contributed by atoms with Gasteiger partial charge in [0.2, 0.25) is 0 Å². The summed E-state index contributed by atoms with van der Waals surface area (Å²) >= 11 is 1.63. The monoisotopic (exact) mass is 282 g/mol. The number of amides is 2. The topological polar surface area (TPSA) is 69.6 Å². The lowest BCUT2D eigenvalue weighted by Crippen LogP contribution is -2.53. The second-order valence-corrected chi connectivity index (χ2v) is 6.38.